The molecule has 0 saturated carbocycles. The topological polar surface area (TPSA) is 55.1 Å². The van der Waals surface area contributed by atoms with Crippen LogP contribution < -0.4 is 5.32 Å². The van der Waals surface area contributed by atoms with Crippen LogP contribution in [0.3, 0.4) is 0 Å². The highest BCUT2D eigenvalue weighted by atomic mass is 15.4. The van der Waals surface area contributed by atoms with Gasteiger partial charge >= 0.3 is 0 Å². The summed E-state index contributed by atoms with van der Waals surface area (Å²) in [5.41, 5.74) is 2.14. The van der Waals surface area contributed by atoms with Crippen LogP contribution in [0.2, 0.25) is 0 Å². The second-order valence-electron chi connectivity index (χ2n) is 4.75. The van der Waals surface area contributed by atoms with E-state index in [0.29, 0.717) is 0 Å². The molecule has 102 valence electrons. The first-order valence-corrected chi connectivity index (χ1v) is 6.80. The summed E-state index contributed by atoms with van der Waals surface area (Å²) < 4.78 is 1.75. The van der Waals surface area contributed by atoms with E-state index < -0.39 is 0 Å². The van der Waals surface area contributed by atoms with E-state index in [-0.39, 0.29) is 0 Å². The van der Waals surface area contributed by atoms with Gasteiger partial charge in [-0.3, -0.25) is 0 Å². The number of benzene rings is 1. The SMILES string of the molecule is Cc1nnc2ccc(NCCCc3ccccc3)nn12. The van der Waals surface area contributed by atoms with Gasteiger partial charge < -0.3 is 5.32 Å². The van der Waals surface area contributed by atoms with Crippen LogP contribution >= 0.6 is 0 Å². The molecule has 2 heterocycles. The van der Waals surface area contributed by atoms with E-state index in [1.807, 2.05) is 25.1 Å². The highest BCUT2D eigenvalue weighted by Gasteiger charge is 2.02. The summed E-state index contributed by atoms with van der Waals surface area (Å²) in [7, 11) is 0. The van der Waals surface area contributed by atoms with E-state index in [2.05, 4.69) is 44.9 Å². The van der Waals surface area contributed by atoms with Gasteiger partial charge in [0.15, 0.2) is 11.5 Å². The number of anilines is 1. The predicted octanol–water partition coefficient (Wildman–Crippen LogP) is 2.48. The molecule has 0 aliphatic carbocycles. The molecule has 1 N–H and O–H groups in total. The van der Waals surface area contributed by atoms with Crippen LogP contribution in [0.1, 0.15) is 17.8 Å². The zero-order valence-electron chi connectivity index (χ0n) is 11.5. The molecule has 0 bridgehead atoms. The van der Waals surface area contributed by atoms with Crippen molar-refractivity contribution in [1.29, 1.82) is 0 Å². The van der Waals surface area contributed by atoms with Crippen LogP contribution in [0.15, 0.2) is 42.5 Å². The Hall–Kier alpha value is -2.43. The molecule has 1 aromatic carbocycles. The number of hydrogen-bond donors (Lipinski definition) is 1. The summed E-state index contributed by atoms with van der Waals surface area (Å²) in [6.07, 6.45) is 2.15. The molecule has 0 radical (unpaired) electrons. The second-order valence-corrected chi connectivity index (χ2v) is 4.75. The fourth-order valence-electron chi connectivity index (χ4n) is 2.14. The lowest BCUT2D eigenvalue weighted by Crippen LogP contribution is -2.07. The lowest BCUT2D eigenvalue weighted by molar-refractivity contribution is 0.835. The summed E-state index contributed by atoms with van der Waals surface area (Å²) >= 11 is 0. The van der Waals surface area contributed by atoms with Gasteiger partial charge in [0.05, 0.1) is 0 Å². The zero-order chi connectivity index (χ0) is 13.8. The van der Waals surface area contributed by atoms with Gasteiger partial charge in [-0.2, -0.15) is 4.52 Å². The molecule has 0 unspecified atom stereocenters. The molecule has 0 amide bonds. The number of nitrogens with one attached hydrogen (secondary N) is 1. The van der Waals surface area contributed by atoms with Gasteiger partial charge in [0, 0.05) is 6.54 Å². The predicted molar refractivity (Wildman–Crippen MR) is 78.8 cm³/mol. The van der Waals surface area contributed by atoms with Crippen LogP contribution in [-0.2, 0) is 6.42 Å². The van der Waals surface area contributed by atoms with Gasteiger partial charge in [-0.15, -0.1) is 15.3 Å². The quantitative estimate of drug-likeness (QED) is 0.722. The van der Waals surface area contributed by atoms with Crippen molar-refractivity contribution in [2.24, 2.45) is 0 Å². The molecule has 0 fully saturated rings. The number of hydrogen-bond acceptors (Lipinski definition) is 4. The number of fused-ring (bicyclic) bond motifs is 1. The van der Waals surface area contributed by atoms with Gasteiger partial charge in [-0.25, -0.2) is 0 Å². The molecule has 0 aliphatic heterocycles. The first kappa shape index (κ1) is 12.6. The summed E-state index contributed by atoms with van der Waals surface area (Å²) in [6, 6.07) is 14.4. The highest BCUT2D eigenvalue weighted by Crippen LogP contribution is 2.07. The maximum atomic E-state index is 4.46. The third kappa shape index (κ3) is 2.77. The second kappa shape index (κ2) is 5.69. The molecule has 0 aliphatic rings. The van der Waals surface area contributed by atoms with Crippen LogP contribution in [0, 0.1) is 6.92 Å². The van der Waals surface area contributed by atoms with Crippen LogP contribution in [0.5, 0.6) is 0 Å². The Labute approximate surface area is 117 Å². The fourth-order valence-corrected chi connectivity index (χ4v) is 2.14. The van der Waals surface area contributed by atoms with E-state index in [0.717, 1.165) is 36.7 Å². The van der Waals surface area contributed by atoms with Gasteiger partial charge in [-0.05, 0) is 37.5 Å². The van der Waals surface area contributed by atoms with Crippen molar-refractivity contribution in [1.82, 2.24) is 19.8 Å². The van der Waals surface area contributed by atoms with Crippen molar-refractivity contribution < 1.29 is 0 Å². The highest BCUT2D eigenvalue weighted by molar-refractivity contribution is 5.43. The van der Waals surface area contributed by atoms with Gasteiger partial charge in [0.25, 0.3) is 0 Å². The Balaban J connectivity index is 1.56. The van der Waals surface area contributed by atoms with Crippen molar-refractivity contribution in [3.05, 3.63) is 53.9 Å². The zero-order valence-corrected chi connectivity index (χ0v) is 11.5. The van der Waals surface area contributed by atoms with Crippen molar-refractivity contribution in [3.63, 3.8) is 0 Å². The normalized spacial score (nSPS) is 10.8. The van der Waals surface area contributed by atoms with E-state index >= 15 is 0 Å². The number of aromatic nitrogens is 4. The van der Waals surface area contributed by atoms with Gasteiger partial charge in [0.2, 0.25) is 0 Å². The molecule has 3 aromatic rings. The lowest BCUT2D eigenvalue weighted by atomic mass is 10.1. The molecule has 0 saturated heterocycles. The fraction of sp³-hybridized carbons (Fsp3) is 0.267. The first-order valence-electron chi connectivity index (χ1n) is 6.80. The summed E-state index contributed by atoms with van der Waals surface area (Å²) in [5, 5.41) is 15.8. The Morgan fingerprint density at radius 1 is 1.05 bits per heavy atom. The minimum absolute atomic E-state index is 0.775. The third-order valence-corrected chi connectivity index (χ3v) is 3.21. The van der Waals surface area contributed by atoms with Crippen LogP contribution in [-0.4, -0.2) is 26.4 Å². The standard InChI is InChI=1S/C15H17N5/c1-12-17-18-15-10-9-14(19-20(12)15)16-11-5-8-13-6-3-2-4-7-13/h2-4,6-7,9-10H,5,8,11H2,1H3,(H,16,19). The van der Waals surface area contributed by atoms with E-state index in [9.17, 15) is 0 Å². The van der Waals surface area contributed by atoms with Crippen molar-refractivity contribution in [2.75, 3.05) is 11.9 Å². The maximum Gasteiger partial charge on any atom is 0.178 e. The summed E-state index contributed by atoms with van der Waals surface area (Å²) in [4.78, 5) is 0. The van der Waals surface area contributed by atoms with E-state index in [1.54, 1.807) is 4.52 Å². The average Bonchev–Trinajstić information content (AvgIpc) is 2.86. The maximum absolute atomic E-state index is 4.46. The Bertz CT molecular complexity index is 690. The average molecular weight is 267 g/mol. The van der Waals surface area contributed by atoms with Crippen LogP contribution in [0.4, 0.5) is 5.82 Å². The molecule has 20 heavy (non-hydrogen) atoms. The van der Waals surface area contributed by atoms with E-state index in [1.165, 1.54) is 5.56 Å². The summed E-state index contributed by atoms with van der Waals surface area (Å²) in [6.45, 7) is 2.79. The van der Waals surface area contributed by atoms with E-state index in [4.69, 9.17) is 0 Å². The Kier molecular flexibility index (Phi) is 3.58. The largest absolute Gasteiger partial charge is 0.369 e. The molecular weight excluding hydrogens is 250 g/mol. The molecule has 0 spiro atoms. The molecule has 3 rings (SSSR count). The van der Waals surface area contributed by atoms with Crippen molar-refractivity contribution in [3.8, 4) is 0 Å². The smallest absolute Gasteiger partial charge is 0.178 e. The van der Waals surface area contributed by atoms with Gasteiger partial charge in [-0.1, -0.05) is 30.3 Å². The number of aryl methyl sites for hydroxylation is 2. The Morgan fingerprint density at radius 3 is 2.75 bits per heavy atom. The molecule has 0 atom stereocenters. The first-order chi connectivity index (χ1) is 9.83. The third-order valence-electron chi connectivity index (χ3n) is 3.21. The summed E-state index contributed by atoms with van der Waals surface area (Å²) in [5.74, 6) is 1.65. The Morgan fingerprint density at radius 2 is 1.90 bits per heavy atom. The molecular formula is C15H17N5. The molecule has 5 nitrogen and oxygen atoms in total. The lowest BCUT2D eigenvalue weighted by Gasteiger charge is -2.06. The van der Waals surface area contributed by atoms with Gasteiger partial charge in [0.1, 0.15) is 5.82 Å². The monoisotopic (exact) mass is 267 g/mol. The minimum atomic E-state index is 0.775. The number of nitrogens with zero attached hydrogens (tertiary/aromatic N) is 4. The molecule has 5 heteroatoms. The van der Waals surface area contributed by atoms with Crippen molar-refractivity contribution in [2.45, 2.75) is 19.8 Å². The molecule has 2 aromatic heterocycles. The minimum Gasteiger partial charge on any atom is -0.369 e. The van der Waals surface area contributed by atoms with Crippen molar-refractivity contribution >= 4 is 11.5 Å². The number of rotatable bonds is 5. The van der Waals surface area contributed by atoms with Crippen LogP contribution in [0.25, 0.3) is 5.65 Å².